The quantitative estimate of drug-likeness (QED) is 0.146. The molecule has 0 fully saturated rings. The number of fused-ring (bicyclic) bond motifs is 2. The van der Waals surface area contributed by atoms with Crippen molar-refractivity contribution in [2.24, 2.45) is 0 Å². The van der Waals surface area contributed by atoms with Crippen molar-refractivity contribution in [3.8, 4) is 65.4 Å². The summed E-state index contributed by atoms with van der Waals surface area (Å²) in [4.78, 5) is 2.64. The Balaban J connectivity index is 0.747. The van der Waals surface area contributed by atoms with Crippen LogP contribution in [0.2, 0.25) is 0 Å². The summed E-state index contributed by atoms with van der Waals surface area (Å²) < 4.78 is 2.66. The van der Waals surface area contributed by atoms with E-state index < -0.39 is 0 Å². The van der Waals surface area contributed by atoms with E-state index >= 15 is 0 Å². The van der Waals surface area contributed by atoms with Gasteiger partial charge in [-0.25, -0.2) is 0 Å². The van der Waals surface area contributed by atoms with Gasteiger partial charge in [0.15, 0.2) is 0 Å². The van der Waals surface area contributed by atoms with E-state index in [9.17, 15) is 0 Å². The molecule has 0 aliphatic carbocycles. The molecule has 0 aliphatic rings. The minimum absolute atomic E-state index is 1.21. The largest absolute Gasteiger partial charge is 0.135 e. The van der Waals surface area contributed by atoms with E-state index in [1.165, 1.54) is 150 Å². The van der Waals surface area contributed by atoms with E-state index in [1.54, 1.807) is 0 Å². The Morgan fingerprint density at radius 3 is 0.941 bits per heavy atom. The van der Waals surface area contributed by atoms with E-state index in [2.05, 4.69) is 231 Å². The second-order valence-corrected chi connectivity index (χ2v) is 20.5. The van der Waals surface area contributed by atoms with Crippen molar-refractivity contribution < 1.29 is 0 Å². The van der Waals surface area contributed by atoms with Crippen molar-refractivity contribution >= 4 is 107 Å². The molecule has 0 unspecified atom stereocenters. The molecular formula is C66H38S2. The topological polar surface area (TPSA) is 0 Å². The van der Waals surface area contributed by atoms with Crippen molar-refractivity contribution in [2.75, 3.05) is 0 Å². The van der Waals surface area contributed by atoms with Crippen molar-refractivity contribution in [1.82, 2.24) is 0 Å². The lowest BCUT2D eigenvalue weighted by atomic mass is 9.87. The summed E-state index contributed by atoms with van der Waals surface area (Å²) in [6, 6.07) is 86.4. The molecular weight excluding hydrogens is 857 g/mol. The highest BCUT2D eigenvalue weighted by Crippen LogP contribution is 2.47. The molecule has 13 aromatic carbocycles. The lowest BCUT2D eigenvalue weighted by Gasteiger charge is -2.16. The minimum Gasteiger partial charge on any atom is -0.135 e. The molecule has 15 aromatic rings. The van der Waals surface area contributed by atoms with Gasteiger partial charge >= 0.3 is 0 Å². The predicted molar refractivity (Wildman–Crippen MR) is 297 cm³/mol. The second kappa shape index (κ2) is 14.7. The van der Waals surface area contributed by atoms with Crippen molar-refractivity contribution in [3.05, 3.63) is 231 Å². The highest BCUT2D eigenvalue weighted by molar-refractivity contribution is 7.22. The Labute approximate surface area is 400 Å². The lowest BCUT2D eigenvalue weighted by molar-refractivity contribution is 1.58. The molecule has 15 rings (SSSR count). The fraction of sp³-hybridized carbons (Fsp3) is 0. The van der Waals surface area contributed by atoms with Crippen LogP contribution in [0.4, 0.5) is 0 Å². The minimum atomic E-state index is 1.21. The maximum absolute atomic E-state index is 2.35. The van der Waals surface area contributed by atoms with Gasteiger partial charge in [0.1, 0.15) is 0 Å². The molecule has 0 amide bonds. The fourth-order valence-corrected chi connectivity index (χ4v) is 13.5. The number of hydrogen-bond acceptors (Lipinski definition) is 2. The molecule has 0 aliphatic heterocycles. The highest BCUT2D eigenvalue weighted by Gasteiger charge is 2.18. The predicted octanol–water partition coefficient (Wildman–Crippen LogP) is 19.9. The Morgan fingerprint density at radius 1 is 0.206 bits per heavy atom. The third-order valence-corrected chi connectivity index (χ3v) is 16.9. The summed E-state index contributed by atoms with van der Waals surface area (Å²) in [5, 5.41) is 18.4. The second-order valence-electron chi connectivity index (χ2n) is 18.3. The van der Waals surface area contributed by atoms with Gasteiger partial charge in [-0.15, -0.1) is 22.7 Å². The van der Waals surface area contributed by atoms with Gasteiger partial charge in [-0.1, -0.05) is 200 Å². The molecule has 2 aromatic heterocycles. The van der Waals surface area contributed by atoms with E-state index in [0.717, 1.165) is 0 Å². The van der Waals surface area contributed by atoms with Crippen LogP contribution in [0.15, 0.2) is 231 Å². The maximum atomic E-state index is 2.35. The van der Waals surface area contributed by atoms with Crippen molar-refractivity contribution in [2.45, 2.75) is 0 Å². The van der Waals surface area contributed by atoms with Crippen LogP contribution in [0.5, 0.6) is 0 Å². The first-order valence-corrected chi connectivity index (χ1v) is 25.0. The van der Waals surface area contributed by atoms with Gasteiger partial charge in [-0.2, -0.15) is 0 Å². The fourth-order valence-electron chi connectivity index (χ4n) is 11.3. The number of hydrogen-bond donors (Lipinski definition) is 0. The monoisotopic (exact) mass is 894 g/mol. The van der Waals surface area contributed by atoms with Crippen LogP contribution in [0.3, 0.4) is 0 Å². The van der Waals surface area contributed by atoms with Crippen LogP contribution < -0.4 is 0 Å². The van der Waals surface area contributed by atoms with Crippen LogP contribution >= 0.6 is 22.7 Å². The number of benzene rings is 13. The molecule has 68 heavy (non-hydrogen) atoms. The Bertz CT molecular complexity index is 4120. The standard InChI is InChI=1S/C66H38S2/c1-3-10-59-49(6-1)37-61(67-59)53-30-22-45-24-32-55-51(28-20-43-26-34-57(53)65(45)63(43)55)41-16-12-39(13-17-41)47-8-5-9-48(36-47)40-14-18-42(19-15-40)52-29-21-44-27-35-58-54(62-38-50-7-2-4-11-60(50)68-62)31-23-46-25-33-56(52)64(44)66(46)58/h1-38H. The Kier molecular flexibility index (Phi) is 8.21. The number of rotatable bonds is 6. The van der Waals surface area contributed by atoms with Gasteiger partial charge in [0, 0.05) is 19.2 Å². The van der Waals surface area contributed by atoms with Crippen LogP contribution in [0.1, 0.15) is 0 Å². The van der Waals surface area contributed by atoms with Gasteiger partial charge in [0.05, 0.1) is 0 Å². The summed E-state index contributed by atoms with van der Waals surface area (Å²) >= 11 is 3.76. The molecule has 0 spiro atoms. The van der Waals surface area contributed by atoms with Gasteiger partial charge < -0.3 is 0 Å². The SMILES string of the molecule is c1cc(-c2ccc(-c3ccc4ccc5c(-c6cc7ccccc7s6)ccc6ccc3c4c65)cc2)cc(-c2ccc(-c3ccc4ccc5c(-c6cc7ccccc7s6)ccc6ccc3c4c65)cc2)c1. The molecule has 2 heteroatoms. The Morgan fingerprint density at radius 2 is 0.544 bits per heavy atom. The first-order chi connectivity index (χ1) is 33.7. The van der Waals surface area contributed by atoms with E-state index in [-0.39, 0.29) is 0 Å². The van der Waals surface area contributed by atoms with E-state index in [0.29, 0.717) is 0 Å². The van der Waals surface area contributed by atoms with Gasteiger partial charge in [0.25, 0.3) is 0 Å². The zero-order valence-electron chi connectivity index (χ0n) is 36.8. The lowest BCUT2D eigenvalue weighted by Crippen LogP contribution is -1.89. The summed E-state index contributed by atoms with van der Waals surface area (Å²) in [5.41, 5.74) is 12.4. The highest BCUT2D eigenvalue weighted by atomic mass is 32.1. The third-order valence-electron chi connectivity index (χ3n) is 14.6. The van der Waals surface area contributed by atoms with Crippen LogP contribution in [-0.4, -0.2) is 0 Å². The average molecular weight is 895 g/mol. The molecule has 0 radical (unpaired) electrons. The first-order valence-electron chi connectivity index (χ1n) is 23.4. The van der Waals surface area contributed by atoms with Crippen molar-refractivity contribution in [1.29, 1.82) is 0 Å². The average Bonchev–Trinajstić information content (AvgIpc) is 4.05. The molecule has 0 N–H and O–H groups in total. The molecule has 0 nitrogen and oxygen atoms in total. The summed E-state index contributed by atoms with van der Waals surface area (Å²) in [7, 11) is 0. The molecule has 0 bridgehead atoms. The maximum Gasteiger partial charge on any atom is 0.0361 e. The zero-order chi connectivity index (χ0) is 44.5. The Hall–Kier alpha value is -8.14. The molecule has 314 valence electrons. The summed E-state index contributed by atoms with van der Waals surface area (Å²) in [6.07, 6.45) is 0. The van der Waals surface area contributed by atoms with Gasteiger partial charge in [-0.05, 0) is 161 Å². The van der Waals surface area contributed by atoms with Crippen LogP contribution in [0.25, 0.3) is 150 Å². The van der Waals surface area contributed by atoms with E-state index in [1.807, 2.05) is 22.7 Å². The normalized spacial score (nSPS) is 12.1. The molecule has 2 heterocycles. The third kappa shape index (κ3) is 5.78. The van der Waals surface area contributed by atoms with Gasteiger partial charge in [0.2, 0.25) is 0 Å². The summed E-state index contributed by atoms with van der Waals surface area (Å²) in [5.74, 6) is 0. The van der Waals surface area contributed by atoms with Crippen LogP contribution in [-0.2, 0) is 0 Å². The molecule has 0 saturated heterocycles. The van der Waals surface area contributed by atoms with Crippen molar-refractivity contribution in [3.63, 3.8) is 0 Å². The van der Waals surface area contributed by atoms with Gasteiger partial charge in [-0.3, -0.25) is 0 Å². The molecule has 0 atom stereocenters. The summed E-state index contributed by atoms with van der Waals surface area (Å²) in [6.45, 7) is 0. The van der Waals surface area contributed by atoms with Crippen LogP contribution in [0, 0.1) is 0 Å². The zero-order valence-corrected chi connectivity index (χ0v) is 38.4. The first kappa shape index (κ1) is 38.0. The number of thiophene rings is 2. The smallest absolute Gasteiger partial charge is 0.0361 e. The van der Waals surface area contributed by atoms with E-state index in [4.69, 9.17) is 0 Å². The molecule has 0 saturated carbocycles.